The normalized spacial score (nSPS) is 43.7. The molecule has 2 unspecified atom stereocenters. The average Bonchev–Trinajstić information content (AvgIpc) is 2.13. The first-order valence-electron chi connectivity index (χ1n) is 3.75. The van der Waals surface area contributed by atoms with Crippen LogP contribution < -0.4 is 0 Å². The van der Waals surface area contributed by atoms with E-state index in [4.69, 9.17) is 0 Å². The van der Waals surface area contributed by atoms with Gasteiger partial charge in [0.15, 0.2) is 0 Å². The summed E-state index contributed by atoms with van der Waals surface area (Å²) in [6.07, 6.45) is 4.56. The van der Waals surface area contributed by atoms with Crippen LogP contribution in [0.2, 0.25) is 0 Å². The summed E-state index contributed by atoms with van der Waals surface area (Å²) in [7, 11) is -1.36. The molecule has 1 fully saturated rings. The van der Waals surface area contributed by atoms with E-state index in [9.17, 15) is 4.89 Å². The molecule has 9 heavy (non-hydrogen) atoms. The first-order chi connectivity index (χ1) is 4.16. The zero-order valence-corrected chi connectivity index (χ0v) is 7.19. The summed E-state index contributed by atoms with van der Waals surface area (Å²) in [5.41, 5.74) is 0. The fourth-order valence-electron chi connectivity index (χ4n) is 1.51. The van der Waals surface area contributed by atoms with Gasteiger partial charge in [0.1, 0.15) is 0 Å². The minimum atomic E-state index is -1.36. The van der Waals surface area contributed by atoms with Gasteiger partial charge in [-0.25, -0.2) is 0 Å². The van der Waals surface area contributed by atoms with Crippen molar-refractivity contribution < 1.29 is 4.89 Å². The largest absolute Gasteiger partial charge is 0.380 e. The monoisotopic (exact) mass is 147 g/mol. The molecule has 1 saturated heterocycles. The minimum absolute atomic E-state index is 0.795. The molecule has 0 aromatic heterocycles. The maximum atomic E-state index is 9.78. The highest BCUT2D eigenvalue weighted by Gasteiger charge is 2.30. The lowest BCUT2D eigenvalue weighted by Crippen LogP contribution is -1.97. The van der Waals surface area contributed by atoms with Gasteiger partial charge in [0.25, 0.3) is 0 Å². The van der Waals surface area contributed by atoms with Gasteiger partial charge in [0.2, 0.25) is 0 Å². The number of rotatable bonds is 1. The molecule has 1 aliphatic rings. The van der Waals surface area contributed by atoms with Gasteiger partial charge in [-0.3, -0.25) is 0 Å². The van der Waals surface area contributed by atoms with Crippen LogP contribution in [0.3, 0.4) is 0 Å². The Hall–Kier alpha value is 0.390. The number of hydrogen-bond donors (Lipinski definition) is 1. The Morgan fingerprint density at radius 1 is 1.67 bits per heavy atom. The Bertz CT molecular complexity index is 105. The van der Waals surface area contributed by atoms with Gasteiger partial charge < -0.3 is 4.89 Å². The fourth-order valence-corrected chi connectivity index (χ4v) is 4.53. The minimum Gasteiger partial charge on any atom is -0.380 e. The Labute approximate surface area is 57.9 Å². The van der Waals surface area contributed by atoms with Crippen molar-refractivity contribution >= 4 is 7.49 Å². The van der Waals surface area contributed by atoms with E-state index in [0.29, 0.717) is 0 Å². The molecule has 1 rings (SSSR count). The molecule has 1 aliphatic heterocycles. The topological polar surface area (TPSA) is 20.2 Å². The summed E-state index contributed by atoms with van der Waals surface area (Å²) in [6.45, 7) is 4.36. The number of hydrogen-bond acceptors (Lipinski definition) is 1. The van der Waals surface area contributed by atoms with Gasteiger partial charge in [0, 0.05) is 0 Å². The van der Waals surface area contributed by atoms with E-state index in [1.807, 2.05) is 0 Å². The summed E-state index contributed by atoms with van der Waals surface area (Å²) in [4.78, 5) is 9.78. The summed E-state index contributed by atoms with van der Waals surface area (Å²) in [5, 5.41) is 0. The molecule has 1 N–H and O–H groups in total. The third-order valence-electron chi connectivity index (χ3n) is 2.28. The van der Waals surface area contributed by atoms with Crippen LogP contribution in [0.1, 0.15) is 20.3 Å². The lowest BCUT2D eigenvalue weighted by atomic mass is 10.2. The van der Waals surface area contributed by atoms with Gasteiger partial charge >= 0.3 is 0 Å². The Morgan fingerprint density at radius 2 is 2.33 bits per heavy atom. The first kappa shape index (κ1) is 7.50. The van der Waals surface area contributed by atoms with E-state index < -0.39 is 7.49 Å². The molecule has 55 valence electrons. The van der Waals surface area contributed by atoms with E-state index in [0.717, 1.165) is 24.4 Å². The van der Waals surface area contributed by atoms with Gasteiger partial charge in [0.05, 0.1) is 0 Å². The predicted molar refractivity (Wildman–Crippen MR) is 43.2 cm³/mol. The molecule has 0 aliphatic carbocycles. The molecule has 2 atom stereocenters. The third-order valence-corrected chi connectivity index (χ3v) is 5.85. The smallest absolute Gasteiger partial charge is 0.0111 e. The lowest BCUT2D eigenvalue weighted by molar-refractivity contribution is 0.602. The fraction of sp³-hybridized carbons (Fsp3) is 1.00. The van der Waals surface area contributed by atoms with Crippen LogP contribution in [0.5, 0.6) is 0 Å². The zero-order valence-electron chi connectivity index (χ0n) is 6.30. The van der Waals surface area contributed by atoms with Crippen molar-refractivity contribution in [3.8, 4) is 0 Å². The zero-order chi connectivity index (χ0) is 6.91. The lowest BCUT2D eigenvalue weighted by Gasteiger charge is -2.21. The van der Waals surface area contributed by atoms with Gasteiger partial charge in [-0.15, -0.1) is 0 Å². The summed E-state index contributed by atoms with van der Waals surface area (Å²) < 4.78 is 0. The molecule has 1 radical (unpaired) electrons. The third kappa shape index (κ3) is 1.65. The summed E-state index contributed by atoms with van der Waals surface area (Å²) in [5.74, 6) is 0.795. The quantitative estimate of drug-likeness (QED) is 0.562. The molecular formula is C7H16OP. The van der Waals surface area contributed by atoms with Crippen molar-refractivity contribution in [3.63, 3.8) is 0 Å². The highest BCUT2D eigenvalue weighted by atomic mass is 31.2. The summed E-state index contributed by atoms with van der Waals surface area (Å²) in [6, 6.07) is 0. The van der Waals surface area contributed by atoms with Crippen LogP contribution in [0.4, 0.5) is 0 Å². The van der Waals surface area contributed by atoms with Crippen LogP contribution >= 0.6 is 7.49 Å². The van der Waals surface area contributed by atoms with E-state index in [-0.39, 0.29) is 0 Å². The van der Waals surface area contributed by atoms with E-state index in [2.05, 4.69) is 13.8 Å². The van der Waals surface area contributed by atoms with Gasteiger partial charge in [-0.1, -0.05) is 13.8 Å². The first-order valence-corrected chi connectivity index (χ1v) is 6.05. The van der Waals surface area contributed by atoms with Crippen molar-refractivity contribution in [2.75, 3.05) is 18.5 Å². The SMILES string of the molecule is CC[P]1(O)CCC(C)C1. The molecule has 0 spiro atoms. The molecule has 1 heterocycles. The Kier molecular flexibility index (Phi) is 2.13. The highest BCUT2D eigenvalue weighted by Crippen LogP contribution is 2.60. The average molecular weight is 147 g/mol. The standard InChI is InChI=1S/C7H16OP/c1-3-9(8)5-4-7(2)6-9/h7-8H,3-6H2,1-2H3. The predicted octanol–water partition coefficient (Wildman–Crippen LogP) is 1.97. The van der Waals surface area contributed by atoms with Crippen molar-refractivity contribution in [3.05, 3.63) is 0 Å². The van der Waals surface area contributed by atoms with E-state index in [1.54, 1.807) is 0 Å². The van der Waals surface area contributed by atoms with E-state index >= 15 is 0 Å². The molecule has 0 bridgehead atoms. The molecule has 0 saturated carbocycles. The molecule has 0 amide bonds. The maximum Gasteiger partial charge on any atom is -0.0111 e. The molecule has 1 nitrogen and oxygen atoms in total. The van der Waals surface area contributed by atoms with Crippen molar-refractivity contribution in [2.45, 2.75) is 20.3 Å². The maximum absolute atomic E-state index is 9.78. The van der Waals surface area contributed by atoms with E-state index in [1.165, 1.54) is 6.42 Å². The second-order valence-corrected chi connectivity index (χ2v) is 6.85. The second kappa shape index (κ2) is 2.56. The Balaban J connectivity index is 2.45. The van der Waals surface area contributed by atoms with Crippen molar-refractivity contribution in [1.82, 2.24) is 0 Å². The van der Waals surface area contributed by atoms with Crippen LogP contribution in [0.15, 0.2) is 0 Å². The van der Waals surface area contributed by atoms with Crippen LogP contribution in [-0.2, 0) is 0 Å². The van der Waals surface area contributed by atoms with Crippen LogP contribution in [0, 0.1) is 5.92 Å². The highest BCUT2D eigenvalue weighted by molar-refractivity contribution is 7.70. The van der Waals surface area contributed by atoms with Crippen LogP contribution in [-0.4, -0.2) is 23.4 Å². The van der Waals surface area contributed by atoms with Crippen molar-refractivity contribution in [2.24, 2.45) is 5.92 Å². The Morgan fingerprint density at radius 3 is 2.56 bits per heavy atom. The second-order valence-electron chi connectivity index (χ2n) is 3.21. The summed E-state index contributed by atoms with van der Waals surface area (Å²) >= 11 is 0. The molecular weight excluding hydrogens is 131 g/mol. The molecule has 0 aromatic rings. The molecule has 0 aromatic carbocycles. The van der Waals surface area contributed by atoms with Crippen LogP contribution in [0.25, 0.3) is 0 Å². The molecule has 2 heteroatoms. The van der Waals surface area contributed by atoms with Gasteiger partial charge in [-0.05, 0) is 38.3 Å². The van der Waals surface area contributed by atoms with Gasteiger partial charge in [-0.2, -0.15) is 0 Å². The van der Waals surface area contributed by atoms with Crippen molar-refractivity contribution in [1.29, 1.82) is 0 Å².